The average molecular weight is 958 g/mol. The molecule has 68 heavy (non-hydrogen) atoms. The van der Waals surface area contributed by atoms with Gasteiger partial charge < -0.3 is 53.6 Å². The topological polar surface area (TPSA) is 176 Å². The van der Waals surface area contributed by atoms with Gasteiger partial charge in [-0.3, -0.25) is 19.3 Å². The molecule has 1 unspecified atom stereocenters. The van der Waals surface area contributed by atoms with Crippen LogP contribution in [0.15, 0.2) is 80.4 Å². The van der Waals surface area contributed by atoms with Gasteiger partial charge in [-0.25, -0.2) is 0 Å². The van der Waals surface area contributed by atoms with Gasteiger partial charge in [-0.15, -0.1) is 0 Å². The van der Waals surface area contributed by atoms with Crippen molar-refractivity contribution in [2.75, 3.05) is 85.5 Å². The van der Waals surface area contributed by atoms with Crippen LogP contribution >= 0.6 is 11.8 Å². The third kappa shape index (κ3) is 14.1. The van der Waals surface area contributed by atoms with Crippen LogP contribution in [-0.2, 0) is 41.6 Å². The smallest absolute Gasteiger partial charge is 0.270 e. The Balaban J connectivity index is 0.730. The molecule has 1 saturated carbocycles. The molecule has 0 bridgehead atoms. The van der Waals surface area contributed by atoms with Crippen molar-refractivity contribution in [1.29, 1.82) is 0 Å². The first-order valence-corrected chi connectivity index (χ1v) is 25.3. The van der Waals surface area contributed by atoms with Crippen molar-refractivity contribution in [3.05, 3.63) is 92.9 Å². The van der Waals surface area contributed by atoms with E-state index < -0.39 is 6.04 Å². The van der Waals surface area contributed by atoms with Gasteiger partial charge in [0.05, 0.1) is 52.2 Å². The predicted molar refractivity (Wildman–Crippen MR) is 263 cm³/mol. The Hall–Kier alpha value is -4.91. The summed E-state index contributed by atoms with van der Waals surface area (Å²) in [6.07, 6.45) is 13.2. The van der Waals surface area contributed by atoms with E-state index in [-0.39, 0.29) is 23.8 Å². The summed E-state index contributed by atoms with van der Waals surface area (Å²) < 4.78 is 37.2. The lowest BCUT2D eigenvalue weighted by Crippen LogP contribution is -2.52. The van der Waals surface area contributed by atoms with Gasteiger partial charge in [0, 0.05) is 84.9 Å². The highest BCUT2D eigenvalue weighted by molar-refractivity contribution is 8.06. The van der Waals surface area contributed by atoms with Crippen LogP contribution in [0.5, 0.6) is 5.88 Å². The number of hydrogen-bond donors (Lipinski definition) is 2. The van der Waals surface area contributed by atoms with E-state index in [0.29, 0.717) is 109 Å². The highest BCUT2D eigenvalue weighted by Crippen LogP contribution is 2.38. The molecule has 17 heteroatoms. The molecule has 1 aromatic carbocycles. The number of rotatable bonds is 22. The highest BCUT2D eigenvalue weighted by atomic mass is 32.2. The second-order valence-corrected chi connectivity index (χ2v) is 18.9. The molecule has 3 aliphatic heterocycles. The van der Waals surface area contributed by atoms with Crippen LogP contribution < -0.4 is 15.8 Å². The lowest BCUT2D eigenvalue weighted by atomic mass is 9.92. The van der Waals surface area contributed by atoms with Crippen molar-refractivity contribution in [2.45, 2.75) is 97.9 Å². The summed E-state index contributed by atoms with van der Waals surface area (Å²) in [7, 11) is 0. The number of nitrogens with zero attached hydrogens (tertiary/aromatic N) is 5. The molecule has 2 aromatic heterocycles. The van der Waals surface area contributed by atoms with E-state index >= 15 is 0 Å². The summed E-state index contributed by atoms with van der Waals surface area (Å²) in [5.74, 6) is 2.01. The number of piperazine rings is 1. The second-order valence-electron chi connectivity index (χ2n) is 18.0. The number of nitrogens with one attached hydrogen (secondary N) is 1. The highest BCUT2D eigenvalue weighted by Gasteiger charge is 2.30. The maximum Gasteiger partial charge on any atom is 0.270 e. The van der Waals surface area contributed by atoms with Gasteiger partial charge >= 0.3 is 0 Å². The van der Waals surface area contributed by atoms with Crippen LogP contribution in [0.3, 0.4) is 0 Å². The zero-order chi connectivity index (χ0) is 47.8. The number of likely N-dealkylation sites (tertiary alicyclic amines) is 1. The first-order valence-electron chi connectivity index (χ1n) is 24.5. The van der Waals surface area contributed by atoms with E-state index in [0.717, 1.165) is 91.7 Å². The Bertz CT molecular complexity index is 2280. The van der Waals surface area contributed by atoms with Crippen LogP contribution in [0, 0.1) is 12.8 Å². The lowest BCUT2D eigenvalue weighted by Gasteiger charge is -2.36. The molecule has 1 aliphatic carbocycles. The van der Waals surface area contributed by atoms with E-state index in [2.05, 4.69) is 57.4 Å². The summed E-state index contributed by atoms with van der Waals surface area (Å²) in [6.45, 7) is 15.8. The molecule has 3 fully saturated rings. The number of amides is 3. The molecule has 2 atom stereocenters. The molecule has 3 N–H and O–H groups in total. The molecule has 2 saturated heterocycles. The molecule has 16 nitrogen and oxygen atoms in total. The number of aromatic nitrogens is 2. The van der Waals surface area contributed by atoms with Crippen LogP contribution in [0.25, 0.3) is 10.9 Å². The molecule has 3 aromatic rings. The fourth-order valence-electron chi connectivity index (χ4n) is 9.01. The van der Waals surface area contributed by atoms with Crippen molar-refractivity contribution in [1.82, 2.24) is 29.7 Å². The van der Waals surface area contributed by atoms with Gasteiger partial charge in [0.1, 0.15) is 24.2 Å². The molecule has 0 radical (unpaired) electrons. The minimum absolute atomic E-state index is 0.0634. The molecule has 3 amide bonds. The largest absolute Gasteiger partial charge is 0.489 e. The number of carbonyl (C=O) groups excluding carboxylic acids is 3. The molecule has 370 valence electrons. The number of aryl methyl sites for hydroxylation is 1. The second kappa shape index (κ2) is 25.6. The van der Waals surface area contributed by atoms with Crippen molar-refractivity contribution in [2.24, 2.45) is 11.7 Å². The summed E-state index contributed by atoms with van der Waals surface area (Å²) in [6, 6.07) is 9.03. The van der Waals surface area contributed by atoms with Gasteiger partial charge in [0.15, 0.2) is 5.76 Å². The first-order chi connectivity index (χ1) is 33.1. The maximum atomic E-state index is 13.7. The predicted octanol–water partition coefficient (Wildman–Crippen LogP) is 6.70. The van der Waals surface area contributed by atoms with E-state index in [1.54, 1.807) is 28.5 Å². The summed E-state index contributed by atoms with van der Waals surface area (Å²) in [5.41, 5.74) is 9.91. The number of allylic oxidation sites excluding steroid dienone is 5. The summed E-state index contributed by atoms with van der Waals surface area (Å²) in [5, 5.41) is 10.0. The number of carbonyl (C=O) groups is 3. The third-order valence-electron chi connectivity index (χ3n) is 12.9. The third-order valence-corrected chi connectivity index (χ3v) is 14.0. The number of benzene rings is 1. The van der Waals surface area contributed by atoms with E-state index in [1.165, 1.54) is 4.91 Å². The zero-order valence-electron chi connectivity index (χ0n) is 40.4. The van der Waals surface area contributed by atoms with Gasteiger partial charge in [0.25, 0.3) is 17.7 Å². The fourth-order valence-corrected chi connectivity index (χ4v) is 10.0. The molecule has 7 rings (SSSR count). The van der Waals surface area contributed by atoms with Crippen LogP contribution in [-0.4, -0.2) is 140 Å². The fraction of sp³-hybridized carbons (Fsp3) is 0.569. The standard InChI is InChI=1S/C51H71N7O9S/c1-5-9-45(48-36(2)16-31-68-48)66-42-14-17-55(18-15-42)35-43-34-46(54-67-43)65-30-29-64-28-27-63-26-25-62-24-23-58-37(3)32-41-33-40(12-13-44(41)58)50(60)56-19-21-57(22-20-56)51(61)47(53-49(59)38(4)52)39-10-7-6-8-11-39/h5,9,12-13,16,31-34,36,38,42H,6-8,10-11,14-15,17-30,35,52H2,1-4H3,(H,53,59)/b9-5-,48-45-/t36?,38-/m0/s1. The zero-order valence-corrected chi connectivity index (χ0v) is 41.2. The van der Waals surface area contributed by atoms with Gasteiger partial charge in [-0.05, 0) is 106 Å². The lowest BCUT2D eigenvalue weighted by molar-refractivity contribution is -0.131. The molecular weight excluding hydrogens is 887 g/mol. The number of ether oxygens (including phenoxy) is 5. The first kappa shape index (κ1) is 51.0. The van der Waals surface area contributed by atoms with E-state index in [9.17, 15) is 14.4 Å². The molecule has 4 aliphatic rings. The Labute approximate surface area is 405 Å². The maximum absolute atomic E-state index is 13.7. The summed E-state index contributed by atoms with van der Waals surface area (Å²) >= 11 is 1.76. The average Bonchev–Trinajstić information content (AvgIpc) is 4.08. The summed E-state index contributed by atoms with van der Waals surface area (Å²) in [4.78, 5) is 47.0. The Morgan fingerprint density at radius 1 is 0.912 bits per heavy atom. The van der Waals surface area contributed by atoms with Crippen LogP contribution in [0.1, 0.15) is 87.5 Å². The van der Waals surface area contributed by atoms with Crippen molar-refractivity contribution >= 4 is 40.4 Å². The quantitative estimate of drug-likeness (QED) is 0.0619. The number of thioether (sulfide) groups is 1. The Morgan fingerprint density at radius 3 is 2.28 bits per heavy atom. The van der Waals surface area contributed by atoms with Gasteiger partial charge in [-0.2, -0.15) is 0 Å². The van der Waals surface area contributed by atoms with Crippen molar-refractivity contribution in [3.63, 3.8) is 0 Å². The van der Waals surface area contributed by atoms with Crippen LogP contribution in [0.4, 0.5) is 0 Å². The number of nitrogens with two attached hydrogens (primary N) is 1. The minimum atomic E-state index is -0.719. The number of fused-ring (bicyclic) bond motifs is 1. The minimum Gasteiger partial charge on any atom is -0.489 e. The number of hydrogen-bond acceptors (Lipinski definition) is 13. The van der Waals surface area contributed by atoms with Crippen molar-refractivity contribution in [3.8, 4) is 5.88 Å². The normalized spacial score (nSPS) is 19.5. The van der Waals surface area contributed by atoms with Crippen LogP contribution in [0.2, 0.25) is 0 Å². The van der Waals surface area contributed by atoms with Gasteiger partial charge in [-0.1, -0.05) is 37.3 Å². The van der Waals surface area contributed by atoms with Crippen molar-refractivity contribution < 1.29 is 42.6 Å². The Kier molecular flexibility index (Phi) is 19.2. The van der Waals surface area contributed by atoms with E-state index in [4.69, 9.17) is 33.9 Å². The molecular formula is C51H71N7O9S. The van der Waals surface area contributed by atoms with E-state index in [1.807, 2.05) is 37.3 Å². The molecule has 5 heterocycles. The SMILES string of the molecule is C/C=C\C(OC1CCN(Cc2cc(OCCOCCOCCOCCn3c(C)cc4cc(C(=O)N5CCN(C(=O)C(NC(=O)[C@H](C)N)=C6CCCCC6)CC5)ccc43)no2)CC1)=C1\SC=CC1C. The Morgan fingerprint density at radius 2 is 1.60 bits per heavy atom. The monoisotopic (exact) mass is 958 g/mol. The van der Waals surface area contributed by atoms with Gasteiger partial charge in [0.2, 0.25) is 5.91 Å². The number of piperidine rings is 1. The molecule has 0 spiro atoms.